The molecule has 0 radical (unpaired) electrons. The van der Waals surface area contributed by atoms with Gasteiger partial charge in [0.25, 0.3) is 5.91 Å². The standard InChI is InChI=1S/C28H29Cl2N3O3/c1-19(2)16-33(28(35)26-8-5-13-36-26)18-27(34)32(17-20-9-10-23(29)24(30)14-20)12-11-21-15-31-25-7-4-3-6-22(21)25/h3-10,13-15,19,31H,11-12,16-18H2,1-2H3. The van der Waals surface area contributed by atoms with E-state index in [2.05, 4.69) is 11.1 Å². The summed E-state index contributed by atoms with van der Waals surface area (Å²) < 4.78 is 5.31. The maximum absolute atomic E-state index is 13.6. The summed E-state index contributed by atoms with van der Waals surface area (Å²) in [7, 11) is 0. The van der Waals surface area contributed by atoms with Crippen LogP contribution in [-0.2, 0) is 17.8 Å². The van der Waals surface area contributed by atoms with Gasteiger partial charge < -0.3 is 19.2 Å². The number of rotatable bonds is 10. The minimum atomic E-state index is -0.298. The van der Waals surface area contributed by atoms with Crippen molar-refractivity contribution in [2.75, 3.05) is 19.6 Å². The monoisotopic (exact) mass is 525 g/mol. The summed E-state index contributed by atoms with van der Waals surface area (Å²) >= 11 is 12.3. The van der Waals surface area contributed by atoms with Crippen LogP contribution in [0.2, 0.25) is 10.0 Å². The lowest BCUT2D eigenvalue weighted by Gasteiger charge is -2.28. The number of hydrogen-bond acceptors (Lipinski definition) is 3. The Bertz CT molecular complexity index is 1330. The zero-order valence-electron chi connectivity index (χ0n) is 20.3. The van der Waals surface area contributed by atoms with E-state index in [0.29, 0.717) is 36.1 Å². The predicted octanol–water partition coefficient (Wildman–Crippen LogP) is 6.44. The largest absolute Gasteiger partial charge is 0.459 e. The second kappa shape index (κ2) is 11.7. The number of aromatic amines is 1. The number of furan rings is 1. The molecule has 0 saturated heterocycles. The van der Waals surface area contributed by atoms with Crippen LogP contribution in [0.15, 0.2) is 71.5 Å². The van der Waals surface area contributed by atoms with Crippen LogP contribution in [0.1, 0.15) is 35.5 Å². The number of para-hydroxylation sites is 1. The average Bonchev–Trinajstić information content (AvgIpc) is 3.53. The van der Waals surface area contributed by atoms with E-state index < -0.39 is 0 Å². The molecule has 8 heteroatoms. The first-order valence-electron chi connectivity index (χ1n) is 11.9. The number of H-pyrrole nitrogens is 1. The molecule has 36 heavy (non-hydrogen) atoms. The Morgan fingerprint density at radius 1 is 1.00 bits per heavy atom. The van der Waals surface area contributed by atoms with E-state index in [1.807, 2.05) is 44.3 Å². The van der Waals surface area contributed by atoms with Crippen LogP contribution in [0.3, 0.4) is 0 Å². The van der Waals surface area contributed by atoms with Gasteiger partial charge in [-0.1, -0.05) is 61.3 Å². The number of nitrogens with zero attached hydrogens (tertiary/aromatic N) is 2. The summed E-state index contributed by atoms with van der Waals surface area (Å²) in [5.41, 5.74) is 3.05. The average molecular weight is 526 g/mol. The molecule has 0 atom stereocenters. The first-order valence-corrected chi connectivity index (χ1v) is 12.7. The van der Waals surface area contributed by atoms with E-state index in [1.165, 1.54) is 6.26 Å². The smallest absolute Gasteiger partial charge is 0.290 e. The van der Waals surface area contributed by atoms with E-state index in [0.717, 1.165) is 22.0 Å². The zero-order valence-corrected chi connectivity index (χ0v) is 21.9. The Kier molecular flexibility index (Phi) is 8.39. The van der Waals surface area contributed by atoms with Gasteiger partial charge in [-0.3, -0.25) is 9.59 Å². The van der Waals surface area contributed by atoms with Gasteiger partial charge in [-0.15, -0.1) is 0 Å². The Labute approximate surface area is 220 Å². The van der Waals surface area contributed by atoms with Crippen LogP contribution in [0, 0.1) is 5.92 Å². The molecular formula is C28H29Cl2N3O3. The van der Waals surface area contributed by atoms with Crippen LogP contribution in [-0.4, -0.2) is 46.2 Å². The highest BCUT2D eigenvalue weighted by molar-refractivity contribution is 6.42. The van der Waals surface area contributed by atoms with Gasteiger partial charge in [-0.05, 0) is 53.8 Å². The molecule has 0 bridgehead atoms. The van der Waals surface area contributed by atoms with E-state index in [1.54, 1.807) is 34.1 Å². The van der Waals surface area contributed by atoms with E-state index in [9.17, 15) is 9.59 Å². The fourth-order valence-corrected chi connectivity index (χ4v) is 4.54. The van der Waals surface area contributed by atoms with Gasteiger partial charge in [0.2, 0.25) is 5.91 Å². The quantitative estimate of drug-likeness (QED) is 0.259. The van der Waals surface area contributed by atoms with Gasteiger partial charge in [-0.2, -0.15) is 0 Å². The maximum Gasteiger partial charge on any atom is 0.290 e. The number of halogens is 2. The van der Waals surface area contributed by atoms with Crippen molar-refractivity contribution in [1.29, 1.82) is 0 Å². The molecule has 0 fully saturated rings. The Morgan fingerprint density at radius 3 is 2.53 bits per heavy atom. The molecule has 0 saturated carbocycles. The molecule has 2 amide bonds. The van der Waals surface area contributed by atoms with Crippen molar-refractivity contribution in [3.8, 4) is 0 Å². The Hall–Kier alpha value is -3.22. The highest BCUT2D eigenvalue weighted by atomic mass is 35.5. The molecule has 4 rings (SSSR count). The van der Waals surface area contributed by atoms with E-state index in [-0.39, 0.29) is 30.0 Å². The SMILES string of the molecule is CC(C)CN(CC(=O)N(CCc1c[nH]c2ccccc12)Cc1ccc(Cl)c(Cl)c1)C(=O)c1ccco1. The molecule has 1 N–H and O–H groups in total. The molecule has 188 valence electrons. The third-order valence-corrected chi connectivity index (χ3v) is 6.71. The van der Waals surface area contributed by atoms with Gasteiger partial charge in [0, 0.05) is 36.7 Å². The minimum absolute atomic E-state index is 0.0487. The molecule has 0 aliphatic heterocycles. The fraction of sp³-hybridized carbons (Fsp3) is 0.286. The van der Waals surface area contributed by atoms with Crippen LogP contribution in [0.25, 0.3) is 10.9 Å². The predicted molar refractivity (Wildman–Crippen MR) is 143 cm³/mol. The fourth-order valence-electron chi connectivity index (χ4n) is 4.22. The number of aromatic nitrogens is 1. The van der Waals surface area contributed by atoms with Crippen molar-refractivity contribution in [1.82, 2.24) is 14.8 Å². The highest BCUT2D eigenvalue weighted by Crippen LogP contribution is 2.24. The van der Waals surface area contributed by atoms with Crippen molar-refractivity contribution in [3.05, 3.63) is 94.0 Å². The lowest BCUT2D eigenvalue weighted by atomic mass is 10.1. The minimum Gasteiger partial charge on any atom is -0.459 e. The molecule has 4 aromatic rings. The van der Waals surface area contributed by atoms with E-state index >= 15 is 0 Å². The van der Waals surface area contributed by atoms with Gasteiger partial charge in [0.15, 0.2) is 5.76 Å². The van der Waals surface area contributed by atoms with Crippen molar-refractivity contribution in [2.45, 2.75) is 26.8 Å². The number of amides is 2. The number of carbonyl (C=O) groups is 2. The van der Waals surface area contributed by atoms with Gasteiger partial charge in [-0.25, -0.2) is 0 Å². The number of fused-ring (bicyclic) bond motifs is 1. The van der Waals surface area contributed by atoms with Gasteiger partial charge in [0.1, 0.15) is 6.54 Å². The molecule has 0 aliphatic rings. The summed E-state index contributed by atoms with van der Waals surface area (Å²) in [6.07, 6.45) is 4.10. The topological polar surface area (TPSA) is 69.6 Å². The van der Waals surface area contributed by atoms with Crippen molar-refractivity contribution >= 4 is 45.9 Å². The third-order valence-electron chi connectivity index (χ3n) is 5.97. The van der Waals surface area contributed by atoms with Crippen molar-refractivity contribution in [2.24, 2.45) is 5.92 Å². The molecular weight excluding hydrogens is 497 g/mol. The van der Waals surface area contributed by atoms with Crippen LogP contribution >= 0.6 is 23.2 Å². The summed E-state index contributed by atoms with van der Waals surface area (Å²) in [4.78, 5) is 33.3. The summed E-state index contributed by atoms with van der Waals surface area (Å²) in [6.45, 7) is 5.24. The lowest BCUT2D eigenvalue weighted by molar-refractivity contribution is -0.132. The molecule has 0 unspecified atom stereocenters. The van der Waals surface area contributed by atoms with Crippen LogP contribution in [0.5, 0.6) is 0 Å². The first-order chi connectivity index (χ1) is 17.3. The summed E-state index contributed by atoms with van der Waals surface area (Å²) in [6, 6.07) is 16.7. The number of hydrogen-bond donors (Lipinski definition) is 1. The molecule has 0 aliphatic carbocycles. The maximum atomic E-state index is 13.6. The lowest BCUT2D eigenvalue weighted by Crippen LogP contribution is -2.44. The highest BCUT2D eigenvalue weighted by Gasteiger charge is 2.25. The number of benzene rings is 2. The second-order valence-electron chi connectivity index (χ2n) is 9.23. The third kappa shape index (κ3) is 6.31. The first kappa shape index (κ1) is 25.9. The van der Waals surface area contributed by atoms with Crippen molar-refractivity contribution in [3.63, 3.8) is 0 Å². The number of nitrogens with one attached hydrogen (secondary N) is 1. The second-order valence-corrected chi connectivity index (χ2v) is 10.0. The molecule has 0 spiro atoms. The summed E-state index contributed by atoms with van der Waals surface area (Å²) in [5, 5.41) is 2.03. The van der Waals surface area contributed by atoms with Crippen LogP contribution in [0.4, 0.5) is 0 Å². The molecule has 2 heterocycles. The van der Waals surface area contributed by atoms with Crippen molar-refractivity contribution < 1.29 is 14.0 Å². The van der Waals surface area contributed by atoms with Gasteiger partial charge >= 0.3 is 0 Å². The number of carbonyl (C=O) groups excluding carboxylic acids is 2. The summed E-state index contributed by atoms with van der Waals surface area (Å²) in [5.74, 6) is -0.0423. The zero-order chi connectivity index (χ0) is 25.7. The Balaban J connectivity index is 1.56. The normalized spacial score (nSPS) is 11.2. The van der Waals surface area contributed by atoms with Crippen LogP contribution < -0.4 is 0 Å². The van der Waals surface area contributed by atoms with E-state index in [4.69, 9.17) is 27.6 Å². The van der Waals surface area contributed by atoms with Gasteiger partial charge in [0.05, 0.1) is 16.3 Å². The Morgan fingerprint density at radius 2 is 1.81 bits per heavy atom. The molecule has 2 aromatic heterocycles. The molecule has 6 nitrogen and oxygen atoms in total. The molecule has 2 aromatic carbocycles.